The summed E-state index contributed by atoms with van der Waals surface area (Å²) in [6.45, 7) is 6.71. The van der Waals surface area contributed by atoms with Gasteiger partial charge in [-0.1, -0.05) is 59.2 Å². The van der Waals surface area contributed by atoms with E-state index in [1.165, 1.54) is 10.9 Å². The summed E-state index contributed by atoms with van der Waals surface area (Å²) < 4.78 is 0. The smallest absolute Gasteiger partial charge is 0.266 e. The SMILES string of the molecule is C=C/C=C(C(=O)Nc1ccc(C2=C(Cl)CCN(c3nnn(C)n3)C2)cc1)\C(Cl)=C/C. The fourth-order valence-electron chi connectivity index (χ4n) is 3.05. The van der Waals surface area contributed by atoms with Gasteiger partial charge in [-0.2, -0.15) is 4.80 Å². The Kier molecular flexibility index (Phi) is 7.07. The molecule has 156 valence electrons. The molecule has 1 amide bonds. The van der Waals surface area contributed by atoms with E-state index in [1.807, 2.05) is 29.2 Å². The number of rotatable bonds is 6. The summed E-state index contributed by atoms with van der Waals surface area (Å²) in [6, 6.07) is 7.52. The molecular weight excluding hydrogens is 423 g/mol. The van der Waals surface area contributed by atoms with Crippen LogP contribution in [0.25, 0.3) is 5.57 Å². The summed E-state index contributed by atoms with van der Waals surface area (Å²) in [7, 11) is 1.73. The van der Waals surface area contributed by atoms with E-state index in [-0.39, 0.29) is 5.91 Å². The summed E-state index contributed by atoms with van der Waals surface area (Å²) in [6.07, 6.45) is 5.47. The van der Waals surface area contributed by atoms with Crippen LogP contribution in [0.5, 0.6) is 0 Å². The largest absolute Gasteiger partial charge is 0.333 e. The molecule has 0 saturated heterocycles. The normalized spacial score (nSPS) is 15.4. The number of halogens is 2. The van der Waals surface area contributed by atoms with Crippen LogP contribution in [0.2, 0.25) is 0 Å². The van der Waals surface area contributed by atoms with Crippen molar-refractivity contribution in [3.63, 3.8) is 0 Å². The van der Waals surface area contributed by atoms with Crippen molar-refractivity contribution in [1.29, 1.82) is 0 Å². The standard InChI is InChI=1S/C21H22Cl2N6O/c1-4-6-16(18(22)5-2)20(30)24-15-9-7-14(8-10-15)17-13-29(12-11-19(17)23)21-25-27-28(3)26-21/h4-10H,1,11-13H2,2-3H3,(H,24,30)/b16-6+,18-5+. The Morgan fingerprint density at radius 1 is 1.30 bits per heavy atom. The van der Waals surface area contributed by atoms with Gasteiger partial charge in [0.15, 0.2) is 0 Å². The predicted molar refractivity (Wildman–Crippen MR) is 121 cm³/mol. The van der Waals surface area contributed by atoms with E-state index >= 15 is 0 Å². The summed E-state index contributed by atoms with van der Waals surface area (Å²) in [5, 5.41) is 16.3. The molecule has 1 aliphatic rings. The number of aryl methyl sites for hydroxylation is 1. The average molecular weight is 445 g/mol. The van der Waals surface area contributed by atoms with Crippen LogP contribution in [0.3, 0.4) is 0 Å². The van der Waals surface area contributed by atoms with Gasteiger partial charge in [0.25, 0.3) is 11.9 Å². The first-order valence-corrected chi connectivity index (χ1v) is 10.1. The molecule has 2 aromatic rings. The number of allylic oxidation sites excluding steroid dienone is 3. The van der Waals surface area contributed by atoms with Crippen LogP contribution in [0.1, 0.15) is 18.9 Å². The van der Waals surface area contributed by atoms with Crippen molar-refractivity contribution < 1.29 is 4.79 Å². The Morgan fingerprint density at radius 3 is 2.63 bits per heavy atom. The molecule has 0 bridgehead atoms. The lowest BCUT2D eigenvalue weighted by atomic mass is 10.0. The molecule has 0 fully saturated rings. The Labute approximate surface area is 185 Å². The number of carbonyl (C=O) groups excluding carboxylic acids is 1. The van der Waals surface area contributed by atoms with E-state index in [0.29, 0.717) is 35.2 Å². The van der Waals surface area contributed by atoms with E-state index < -0.39 is 0 Å². The minimum absolute atomic E-state index is 0.305. The third kappa shape index (κ3) is 4.98. The predicted octanol–water partition coefficient (Wildman–Crippen LogP) is 4.26. The van der Waals surface area contributed by atoms with Crippen LogP contribution in [-0.4, -0.2) is 39.2 Å². The molecule has 0 saturated carbocycles. The molecule has 30 heavy (non-hydrogen) atoms. The summed E-state index contributed by atoms with van der Waals surface area (Å²) in [5.74, 6) is 0.269. The number of benzene rings is 1. The lowest BCUT2D eigenvalue weighted by Gasteiger charge is -2.28. The first-order valence-electron chi connectivity index (χ1n) is 9.36. The molecule has 0 unspecified atom stereocenters. The number of nitrogens with zero attached hydrogens (tertiary/aromatic N) is 5. The molecule has 0 aliphatic carbocycles. The summed E-state index contributed by atoms with van der Waals surface area (Å²) in [5.41, 5.74) is 2.97. The third-order valence-corrected chi connectivity index (χ3v) is 5.43. The van der Waals surface area contributed by atoms with Crippen LogP contribution >= 0.6 is 23.2 Å². The average Bonchev–Trinajstić information content (AvgIpc) is 3.18. The molecular formula is C21H22Cl2N6O. The van der Waals surface area contributed by atoms with Crippen LogP contribution in [0.4, 0.5) is 11.6 Å². The Balaban J connectivity index is 1.75. The summed E-state index contributed by atoms with van der Waals surface area (Å²) in [4.78, 5) is 16.0. The molecule has 1 aromatic heterocycles. The molecule has 7 nitrogen and oxygen atoms in total. The van der Waals surface area contributed by atoms with Gasteiger partial charge in [-0.15, -0.1) is 5.10 Å². The van der Waals surface area contributed by atoms with Crippen molar-refractivity contribution in [3.05, 3.63) is 70.3 Å². The van der Waals surface area contributed by atoms with Crippen molar-refractivity contribution in [1.82, 2.24) is 20.2 Å². The highest BCUT2D eigenvalue weighted by Crippen LogP contribution is 2.31. The zero-order valence-electron chi connectivity index (χ0n) is 16.8. The minimum Gasteiger partial charge on any atom is -0.333 e. The highest BCUT2D eigenvalue weighted by Gasteiger charge is 2.22. The maximum Gasteiger partial charge on any atom is 0.266 e. The van der Waals surface area contributed by atoms with Crippen molar-refractivity contribution >= 4 is 46.3 Å². The number of anilines is 2. The second-order valence-corrected chi connectivity index (χ2v) is 7.48. The zero-order chi connectivity index (χ0) is 21.7. The van der Waals surface area contributed by atoms with E-state index in [9.17, 15) is 4.79 Å². The number of carbonyl (C=O) groups is 1. The Morgan fingerprint density at radius 2 is 2.03 bits per heavy atom. The highest BCUT2D eigenvalue weighted by molar-refractivity contribution is 6.36. The minimum atomic E-state index is -0.305. The van der Waals surface area contributed by atoms with Crippen molar-refractivity contribution in [3.8, 4) is 0 Å². The van der Waals surface area contributed by atoms with Crippen molar-refractivity contribution in [2.24, 2.45) is 7.05 Å². The van der Waals surface area contributed by atoms with Crippen LogP contribution < -0.4 is 10.2 Å². The molecule has 9 heteroatoms. The van der Waals surface area contributed by atoms with Gasteiger partial charge >= 0.3 is 0 Å². The number of hydrogen-bond donors (Lipinski definition) is 1. The Bertz CT molecular complexity index is 1040. The number of tetrazole rings is 1. The van der Waals surface area contributed by atoms with Crippen LogP contribution in [0, 0.1) is 0 Å². The molecule has 0 spiro atoms. The molecule has 2 heterocycles. The van der Waals surface area contributed by atoms with Gasteiger partial charge in [-0.05, 0) is 41.5 Å². The quantitative estimate of drug-likeness (QED) is 0.531. The van der Waals surface area contributed by atoms with Gasteiger partial charge in [0.2, 0.25) is 0 Å². The second-order valence-electron chi connectivity index (χ2n) is 6.62. The monoisotopic (exact) mass is 444 g/mol. The molecule has 0 radical (unpaired) electrons. The van der Waals surface area contributed by atoms with Gasteiger partial charge < -0.3 is 10.2 Å². The van der Waals surface area contributed by atoms with Gasteiger partial charge in [0.1, 0.15) is 0 Å². The number of amides is 1. The topological polar surface area (TPSA) is 75.9 Å². The van der Waals surface area contributed by atoms with Crippen LogP contribution in [0.15, 0.2) is 64.7 Å². The first-order chi connectivity index (χ1) is 14.4. The van der Waals surface area contributed by atoms with Gasteiger partial charge in [0, 0.05) is 35.3 Å². The number of aromatic nitrogens is 4. The van der Waals surface area contributed by atoms with E-state index in [2.05, 4.69) is 27.3 Å². The molecule has 1 aromatic carbocycles. The van der Waals surface area contributed by atoms with Crippen molar-refractivity contribution in [2.45, 2.75) is 13.3 Å². The van der Waals surface area contributed by atoms with Gasteiger partial charge in [-0.25, -0.2) is 0 Å². The lowest BCUT2D eigenvalue weighted by Crippen LogP contribution is -2.31. The van der Waals surface area contributed by atoms with E-state index in [4.69, 9.17) is 23.2 Å². The van der Waals surface area contributed by atoms with Crippen LogP contribution in [-0.2, 0) is 11.8 Å². The number of nitrogens with one attached hydrogen (secondary N) is 1. The van der Waals surface area contributed by atoms with E-state index in [0.717, 1.165) is 22.7 Å². The number of hydrogen-bond acceptors (Lipinski definition) is 5. The lowest BCUT2D eigenvalue weighted by molar-refractivity contribution is -0.112. The van der Waals surface area contributed by atoms with Crippen molar-refractivity contribution in [2.75, 3.05) is 23.3 Å². The highest BCUT2D eigenvalue weighted by atomic mass is 35.5. The summed E-state index contributed by atoms with van der Waals surface area (Å²) >= 11 is 12.6. The molecule has 3 rings (SSSR count). The maximum absolute atomic E-state index is 12.5. The molecule has 0 atom stereocenters. The Hall–Kier alpha value is -2.90. The van der Waals surface area contributed by atoms with E-state index in [1.54, 1.807) is 26.1 Å². The first kappa shape index (κ1) is 21.8. The maximum atomic E-state index is 12.5. The molecule has 1 N–H and O–H groups in total. The zero-order valence-corrected chi connectivity index (χ0v) is 18.3. The third-order valence-electron chi connectivity index (χ3n) is 4.59. The second kappa shape index (κ2) is 9.73. The fourth-order valence-corrected chi connectivity index (χ4v) is 3.45. The van der Waals surface area contributed by atoms with Gasteiger partial charge in [0.05, 0.1) is 12.6 Å². The fraction of sp³-hybridized carbons (Fsp3) is 0.238. The van der Waals surface area contributed by atoms with Gasteiger partial charge in [-0.3, -0.25) is 4.79 Å². The molecule has 1 aliphatic heterocycles.